The lowest BCUT2D eigenvalue weighted by atomic mass is 10.1. The van der Waals surface area contributed by atoms with Gasteiger partial charge in [0.2, 0.25) is 5.91 Å². The highest BCUT2D eigenvalue weighted by Crippen LogP contribution is 2.22. The maximum atomic E-state index is 12.4. The Morgan fingerprint density at radius 3 is 3.05 bits per heavy atom. The topological polar surface area (TPSA) is 82.8 Å². The summed E-state index contributed by atoms with van der Waals surface area (Å²) in [6.45, 7) is 2.55. The number of nitrogens with one attached hydrogen (secondary N) is 1. The molecule has 0 aromatic carbocycles. The first-order valence-corrected chi connectivity index (χ1v) is 7.39. The number of rotatable bonds is 6. The maximum absolute atomic E-state index is 12.4. The molecule has 1 aromatic heterocycles. The van der Waals surface area contributed by atoms with E-state index >= 15 is 0 Å². The molecule has 2 N–H and O–H groups in total. The van der Waals surface area contributed by atoms with Crippen LogP contribution >= 0.6 is 0 Å². The normalized spacial score (nSPS) is 19.5. The molecule has 0 bridgehead atoms. The number of carbonyl (C=O) groups is 2. The Morgan fingerprint density at radius 2 is 2.38 bits per heavy atom. The summed E-state index contributed by atoms with van der Waals surface area (Å²) in [7, 11) is 0. The van der Waals surface area contributed by atoms with Gasteiger partial charge in [0.1, 0.15) is 6.04 Å². The molecule has 1 aliphatic rings. The molecule has 0 saturated carbocycles. The summed E-state index contributed by atoms with van der Waals surface area (Å²) in [5.41, 5.74) is 0. The van der Waals surface area contributed by atoms with Gasteiger partial charge in [-0.2, -0.15) is 0 Å². The van der Waals surface area contributed by atoms with Gasteiger partial charge in [0, 0.05) is 19.2 Å². The maximum Gasteiger partial charge on any atom is 0.287 e. The molecule has 1 saturated heterocycles. The van der Waals surface area contributed by atoms with E-state index in [1.807, 2.05) is 4.90 Å². The summed E-state index contributed by atoms with van der Waals surface area (Å²) in [4.78, 5) is 26.1. The molecular formula is C15H22N2O4. The highest BCUT2D eigenvalue weighted by molar-refractivity contribution is 5.95. The average molecular weight is 294 g/mol. The number of nitrogens with zero attached hydrogens (tertiary/aromatic N) is 1. The third-order valence-corrected chi connectivity index (χ3v) is 3.82. The second-order valence-corrected chi connectivity index (χ2v) is 5.37. The van der Waals surface area contributed by atoms with Gasteiger partial charge in [-0.1, -0.05) is 0 Å². The molecule has 2 rings (SSSR count). The van der Waals surface area contributed by atoms with Gasteiger partial charge in [-0.3, -0.25) is 9.59 Å². The zero-order chi connectivity index (χ0) is 15.2. The lowest BCUT2D eigenvalue weighted by Gasteiger charge is -2.27. The summed E-state index contributed by atoms with van der Waals surface area (Å²) in [5.74, 6) is -0.254. The quantitative estimate of drug-likeness (QED) is 0.825. The zero-order valence-electron chi connectivity index (χ0n) is 12.2. The molecule has 2 atom stereocenters. The van der Waals surface area contributed by atoms with Gasteiger partial charge in [-0.15, -0.1) is 0 Å². The molecule has 1 fully saturated rings. The summed E-state index contributed by atoms with van der Waals surface area (Å²) in [6.07, 6.45) is 4.86. The van der Waals surface area contributed by atoms with E-state index in [9.17, 15) is 9.59 Å². The molecule has 0 spiro atoms. The number of aliphatic hydroxyl groups is 1. The van der Waals surface area contributed by atoms with Crippen LogP contribution in [-0.2, 0) is 4.79 Å². The Kier molecular flexibility index (Phi) is 5.38. The lowest BCUT2D eigenvalue weighted by molar-refractivity contribution is -0.133. The van der Waals surface area contributed by atoms with Crippen molar-refractivity contribution in [2.45, 2.75) is 44.7 Å². The van der Waals surface area contributed by atoms with Gasteiger partial charge in [-0.05, 0) is 44.7 Å². The minimum atomic E-state index is -0.586. The van der Waals surface area contributed by atoms with Gasteiger partial charge in [0.05, 0.1) is 6.26 Å². The van der Waals surface area contributed by atoms with E-state index < -0.39 is 6.04 Å². The van der Waals surface area contributed by atoms with Crippen LogP contribution in [0, 0.1) is 0 Å². The van der Waals surface area contributed by atoms with Crippen molar-refractivity contribution in [1.82, 2.24) is 10.2 Å². The molecule has 6 heteroatoms. The molecule has 1 aromatic rings. The zero-order valence-corrected chi connectivity index (χ0v) is 12.2. The molecule has 0 radical (unpaired) electrons. The highest BCUT2D eigenvalue weighted by Gasteiger charge is 2.31. The summed E-state index contributed by atoms with van der Waals surface area (Å²) in [5, 5.41) is 11.6. The van der Waals surface area contributed by atoms with E-state index in [1.54, 1.807) is 19.1 Å². The van der Waals surface area contributed by atoms with Crippen molar-refractivity contribution in [2.24, 2.45) is 0 Å². The van der Waals surface area contributed by atoms with Gasteiger partial charge in [-0.25, -0.2) is 0 Å². The molecule has 2 heterocycles. The number of hydrogen-bond acceptors (Lipinski definition) is 4. The number of carbonyl (C=O) groups excluding carboxylic acids is 2. The summed E-state index contributed by atoms with van der Waals surface area (Å²) >= 11 is 0. The van der Waals surface area contributed by atoms with Crippen LogP contribution in [0.5, 0.6) is 0 Å². The standard InChI is InChI=1S/C15H22N2O4/c1-11(16-14(19)13-7-4-10-21-13)15(20)17-8-2-5-12(17)6-3-9-18/h4,7,10-12,18H,2-3,5-6,8-9H2,1H3,(H,16,19). The Balaban J connectivity index is 1.90. The van der Waals surface area contributed by atoms with E-state index in [1.165, 1.54) is 6.26 Å². The van der Waals surface area contributed by atoms with Gasteiger partial charge < -0.3 is 19.7 Å². The van der Waals surface area contributed by atoms with Crippen molar-refractivity contribution in [1.29, 1.82) is 0 Å². The van der Waals surface area contributed by atoms with Crippen molar-refractivity contribution in [3.63, 3.8) is 0 Å². The number of aliphatic hydroxyl groups excluding tert-OH is 1. The fourth-order valence-corrected chi connectivity index (χ4v) is 2.74. The first-order valence-electron chi connectivity index (χ1n) is 7.39. The van der Waals surface area contributed by atoms with Crippen LogP contribution < -0.4 is 5.32 Å². The monoisotopic (exact) mass is 294 g/mol. The molecule has 6 nitrogen and oxygen atoms in total. The van der Waals surface area contributed by atoms with Crippen molar-refractivity contribution in [3.8, 4) is 0 Å². The minimum Gasteiger partial charge on any atom is -0.459 e. The van der Waals surface area contributed by atoms with Crippen LogP contribution in [0.2, 0.25) is 0 Å². The van der Waals surface area contributed by atoms with Gasteiger partial charge in [0.15, 0.2) is 5.76 Å². The molecule has 2 unspecified atom stereocenters. The van der Waals surface area contributed by atoms with Gasteiger partial charge in [0.25, 0.3) is 5.91 Å². The second-order valence-electron chi connectivity index (χ2n) is 5.37. The third kappa shape index (κ3) is 3.85. The number of likely N-dealkylation sites (tertiary alicyclic amines) is 1. The Labute approximate surface area is 124 Å². The minimum absolute atomic E-state index is 0.0738. The fourth-order valence-electron chi connectivity index (χ4n) is 2.74. The lowest BCUT2D eigenvalue weighted by Crippen LogP contribution is -2.48. The molecule has 1 aliphatic heterocycles. The Hall–Kier alpha value is -1.82. The Bertz CT molecular complexity index is 472. The smallest absolute Gasteiger partial charge is 0.287 e. The third-order valence-electron chi connectivity index (χ3n) is 3.82. The van der Waals surface area contributed by atoms with E-state index in [0.717, 1.165) is 25.8 Å². The molecule has 0 aliphatic carbocycles. The van der Waals surface area contributed by atoms with Crippen LogP contribution in [0.15, 0.2) is 22.8 Å². The SMILES string of the molecule is CC(NC(=O)c1ccco1)C(=O)N1CCCC1CCCO. The van der Waals surface area contributed by atoms with E-state index in [4.69, 9.17) is 9.52 Å². The van der Waals surface area contributed by atoms with E-state index in [0.29, 0.717) is 6.42 Å². The van der Waals surface area contributed by atoms with E-state index in [-0.39, 0.29) is 30.2 Å². The first kappa shape index (κ1) is 15.6. The number of hydrogen-bond donors (Lipinski definition) is 2. The van der Waals surface area contributed by atoms with Crippen LogP contribution in [0.1, 0.15) is 43.2 Å². The van der Waals surface area contributed by atoms with Crippen LogP contribution in [0.25, 0.3) is 0 Å². The average Bonchev–Trinajstić information content (AvgIpc) is 3.15. The largest absolute Gasteiger partial charge is 0.459 e. The predicted octanol–water partition coefficient (Wildman–Crippen LogP) is 1.16. The molecule has 2 amide bonds. The van der Waals surface area contributed by atoms with Gasteiger partial charge >= 0.3 is 0 Å². The van der Waals surface area contributed by atoms with E-state index in [2.05, 4.69) is 5.32 Å². The number of furan rings is 1. The molecular weight excluding hydrogens is 272 g/mol. The Morgan fingerprint density at radius 1 is 1.57 bits per heavy atom. The van der Waals surface area contributed by atoms with Crippen LogP contribution in [-0.4, -0.2) is 47.1 Å². The summed E-state index contributed by atoms with van der Waals surface area (Å²) in [6, 6.07) is 2.78. The summed E-state index contributed by atoms with van der Waals surface area (Å²) < 4.78 is 5.01. The molecule has 116 valence electrons. The highest BCUT2D eigenvalue weighted by atomic mass is 16.3. The fraction of sp³-hybridized carbons (Fsp3) is 0.600. The van der Waals surface area contributed by atoms with Crippen molar-refractivity contribution in [3.05, 3.63) is 24.2 Å². The van der Waals surface area contributed by atoms with Crippen molar-refractivity contribution < 1.29 is 19.1 Å². The first-order chi connectivity index (χ1) is 10.1. The van der Waals surface area contributed by atoms with Crippen LogP contribution in [0.4, 0.5) is 0 Å². The van der Waals surface area contributed by atoms with Crippen molar-refractivity contribution in [2.75, 3.05) is 13.2 Å². The molecule has 21 heavy (non-hydrogen) atoms. The van der Waals surface area contributed by atoms with Crippen LogP contribution in [0.3, 0.4) is 0 Å². The number of amides is 2. The predicted molar refractivity (Wildman–Crippen MR) is 76.7 cm³/mol. The van der Waals surface area contributed by atoms with Crippen molar-refractivity contribution >= 4 is 11.8 Å². The second kappa shape index (κ2) is 7.26.